The predicted octanol–water partition coefficient (Wildman–Crippen LogP) is 2.58. The second-order valence-electron chi connectivity index (χ2n) is 5.16. The van der Waals surface area contributed by atoms with Crippen LogP contribution in [-0.2, 0) is 0 Å². The van der Waals surface area contributed by atoms with E-state index in [-0.39, 0.29) is 17.4 Å². The van der Waals surface area contributed by atoms with Crippen LogP contribution in [0.2, 0.25) is 0 Å². The number of H-pyrrole nitrogens is 1. The highest BCUT2D eigenvalue weighted by molar-refractivity contribution is 5.44. The monoisotopic (exact) mass is 233 g/mol. The van der Waals surface area contributed by atoms with Crippen LogP contribution in [0.4, 0.5) is 0 Å². The van der Waals surface area contributed by atoms with Crippen molar-refractivity contribution in [2.75, 3.05) is 0 Å². The van der Waals surface area contributed by atoms with E-state index in [1.807, 2.05) is 26.8 Å². The van der Waals surface area contributed by atoms with Gasteiger partial charge in [-0.15, -0.1) is 0 Å². The molecule has 4 nitrogen and oxygen atoms in total. The molecule has 2 aromatic rings. The summed E-state index contributed by atoms with van der Waals surface area (Å²) in [6.45, 7) is 10.2. The van der Waals surface area contributed by atoms with Crippen molar-refractivity contribution in [3.63, 3.8) is 0 Å². The van der Waals surface area contributed by atoms with Gasteiger partial charge in [0.1, 0.15) is 5.82 Å². The number of aromatic amines is 1. The van der Waals surface area contributed by atoms with Crippen LogP contribution in [0.15, 0.2) is 10.9 Å². The molecule has 0 spiro atoms. The number of pyridine rings is 1. The minimum absolute atomic E-state index is 0.0226. The molecule has 0 fully saturated rings. The number of hydrogen-bond donors (Lipinski definition) is 1. The summed E-state index contributed by atoms with van der Waals surface area (Å²) in [6.07, 6.45) is 0. The van der Waals surface area contributed by atoms with Gasteiger partial charge in [-0.1, -0.05) is 27.7 Å². The van der Waals surface area contributed by atoms with Gasteiger partial charge < -0.3 is 0 Å². The van der Waals surface area contributed by atoms with E-state index in [0.29, 0.717) is 5.65 Å². The quantitative estimate of drug-likeness (QED) is 0.866. The Labute approximate surface area is 101 Å². The Bertz CT molecular complexity index is 605. The van der Waals surface area contributed by atoms with Crippen molar-refractivity contribution in [3.8, 4) is 0 Å². The minimum Gasteiger partial charge on any atom is -0.276 e. The Balaban J connectivity index is 2.79. The van der Waals surface area contributed by atoms with Crippen LogP contribution in [0.25, 0.3) is 5.65 Å². The first kappa shape index (κ1) is 11.9. The smallest absolute Gasteiger partial charge is 0.274 e. The second-order valence-corrected chi connectivity index (χ2v) is 5.16. The van der Waals surface area contributed by atoms with E-state index in [9.17, 15) is 4.79 Å². The largest absolute Gasteiger partial charge is 0.276 e. The predicted molar refractivity (Wildman–Crippen MR) is 68.7 cm³/mol. The van der Waals surface area contributed by atoms with E-state index in [4.69, 9.17) is 0 Å². The molecule has 0 aromatic carbocycles. The highest BCUT2D eigenvalue weighted by Gasteiger charge is 2.14. The van der Waals surface area contributed by atoms with E-state index in [0.717, 1.165) is 17.0 Å². The zero-order valence-corrected chi connectivity index (χ0v) is 11.0. The summed E-state index contributed by atoms with van der Waals surface area (Å²) in [5, 5.41) is 3.08. The lowest BCUT2D eigenvalue weighted by Gasteiger charge is -2.08. The SMILES string of the molecule is Cc1cc2nc(C(C)C)[nH]n2c(=O)c1C(C)C. The number of fused-ring (bicyclic) bond motifs is 1. The molecule has 0 radical (unpaired) electrons. The average Bonchev–Trinajstić information content (AvgIpc) is 2.60. The average molecular weight is 233 g/mol. The Kier molecular flexibility index (Phi) is 2.81. The summed E-state index contributed by atoms with van der Waals surface area (Å²) in [4.78, 5) is 16.8. The van der Waals surface area contributed by atoms with Crippen molar-refractivity contribution in [2.45, 2.75) is 46.5 Å². The summed E-state index contributed by atoms with van der Waals surface area (Å²) in [6, 6.07) is 1.97. The van der Waals surface area contributed by atoms with E-state index in [2.05, 4.69) is 23.9 Å². The maximum absolute atomic E-state index is 12.3. The number of rotatable bonds is 2. The summed E-state index contributed by atoms with van der Waals surface area (Å²) < 4.78 is 1.55. The molecule has 4 heteroatoms. The van der Waals surface area contributed by atoms with Crippen molar-refractivity contribution in [2.24, 2.45) is 0 Å². The van der Waals surface area contributed by atoms with Crippen molar-refractivity contribution < 1.29 is 0 Å². The summed E-state index contributed by atoms with van der Waals surface area (Å²) in [5.41, 5.74) is 2.61. The molecule has 0 amide bonds. The summed E-state index contributed by atoms with van der Waals surface area (Å²) in [7, 11) is 0. The van der Waals surface area contributed by atoms with E-state index < -0.39 is 0 Å². The fourth-order valence-electron chi connectivity index (χ4n) is 2.14. The van der Waals surface area contributed by atoms with Crippen LogP contribution in [0.3, 0.4) is 0 Å². The number of aromatic nitrogens is 3. The third-order valence-corrected chi connectivity index (χ3v) is 3.02. The minimum atomic E-state index is 0.0226. The van der Waals surface area contributed by atoms with Gasteiger partial charge in [-0.05, 0) is 24.5 Å². The number of aryl methyl sites for hydroxylation is 1. The van der Waals surface area contributed by atoms with Crippen molar-refractivity contribution in [1.29, 1.82) is 0 Å². The number of hydrogen-bond acceptors (Lipinski definition) is 2. The van der Waals surface area contributed by atoms with Crippen molar-refractivity contribution >= 4 is 5.65 Å². The topological polar surface area (TPSA) is 50.2 Å². The van der Waals surface area contributed by atoms with Gasteiger partial charge >= 0.3 is 0 Å². The number of nitrogens with zero attached hydrogens (tertiary/aromatic N) is 2. The molecule has 0 atom stereocenters. The molecule has 0 aliphatic carbocycles. The molecular formula is C13H19N3O. The molecule has 17 heavy (non-hydrogen) atoms. The van der Waals surface area contributed by atoms with Crippen LogP contribution in [0.5, 0.6) is 0 Å². The third kappa shape index (κ3) is 1.88. The van der Waals surface area contributed by atoms with Crippen LogP contribution in [-0.4, -0.2) is 14.6 Å². The normalized spacial score (nSPS) is 11.9. The van der Waals surface area contributed by atoms with Crippen molar-refractivity contribution in [3.05, 3.63) is 33.4 Å². The molecule has 0 saturated heterocycles. The molecule has 2 heterocycles. The fraction of sp³-hybridized carbons (Fsp3) is 0.538. The van der Waals surface area contributed by atoms with Gasteiger partial charge in [0, 0.05) is 11.5 Å². The second kappa shape index (κ2) is 4.02. The Morgan fingerprint density at radius 1 is 1.24 bits per heavy atom. The fourth-order valence-corrected chi connectivity index (χ4v) is 2.14. The Morgan fingerprint density at radius 2 is 1.88 bits per heavy atom. The van der Waals surface area contributed by atoms with Gasteiger partial charge in [0.15, 0.2) is 5.65 Å². The Morgan fingerprint density at radius 3 is 2.41 bits per heavy atom. The molecule has 2 aromatic heterocycles. The molecule has 0 saturated carbocycles. The zero-order valence-electron chi connectivity index (χ0n) is 11.0. The van der Waals surface area contributed by atoms with Crippen LogP contribution >= 0.6 is 0 Å². The van der Waals surface area contributed by atoms with Crippen LogP contribution in [0.1, 0.15) is 56.5 Å². The summed E-state index contributed by atoms with van der Waals surface area (Å²) in [5.74, 6) is 1.37. The molecular weight excluding hydrogens is 214 g/mol. The van der Waals surface area contributed by atoms with E-state index >= 15 is 0 Å². The lowest BCUT2D eigenvalue weighted by atomic mass is 10.0. The van der Waals surface area contributed by atoms with Gasteiger partial charge in [0.05, 0.1) is 0 Å². The Hall–Kier alpha value is -1.58. The molecule has 2 rings (SSSR count). The lowest BCUT2D eigenvalue weighted by Crippen LogP contribution is -2.21. The van der Waals surface area contributed by atoms with Crippen molar-refractivity contribution in [1.82, 2.24) is 14.6 Å². The molecule has 0 bridgehead atoms. The maximum Gasteiger partial charge on any atom is 0.274 e. The molecule has 0 unspecified atom stereocenters. The van der Waals surface area contributed by atoms with Gasteiger partial charge in [-0.25, -0.2) is 4.98 Å². The molecule has 1 N–H and O–H groups in total. The maximum atomic E-state index is 12.3. The third-order valence-electron chi connectivity index (χ3n) is 3.02. The highest BCUT2D eigenvalue weighted by Crippen LogP contribution is 2.17. The van der Waals surface area contributed by atoms with Gasteiger partial charge in [0.25, 0.3) is 5.56 Å². The van der Waals surface area contributed by atoms with E-state index in [1.54, 1.807) is 4.52 Å². The van der Waals surface area contributed by atoms with Crippen LogP contribution < -0.4 is 5.56 Å². The standard InChI is InChI=1S/C13H19N3O/c1-7(2)11-9(5)6-10-14-12(8(3)4)15-16(10)13(11)17/h6-8H,1-5H3,(H,14,15). The first-order valence-electron chi connectivity index (χ1n) is 6.04. The molecule has 92 valence electrons. The zero-order chi connectivity index (χ0) is 12.7. The highest BCUT2D eigenvalue weighted by atomic mass is 16.1. The van der Waals surface area contributed by atoms with Gasteiger partial charge in [-0.3, -0.25) is 9.89 Å². The first-order chi connectivity index (χ1) is 7.91. The molecule has 0 aliphatic rings. The molecule has 0 aliphatic heterocycles. The lowest BCUT2D eigenvalue weighted by molar-refractivity contribution is 0.746. The first-order valence-corrected chi connectivity index (χ1v) is 6.04. The number of nitrogens with one attached hydrogen (secondary N) is 1. The van der Waals surface area contributed by atoms with E-state index in [1.165, 1.54) is 0 Å². The summed E-state index contributed by atoms with van der Waals surface area (Å²) >= 11 is 0. The van der Waals surface area contributed by atoms with Gasteiger partial charge in [-0.2, -0.15) is 4.52 Å². The van der Waals surface area contributed by atoms with Crippen LogP contribution in [0, 0.1) is 6.92 Å². The van der Waals surface area contributed by atoms with Gasteiger partial charge in [0.2, 0.25) is 0 Å².